The van der Waals surface area contributed by atoms with Gasteiger partial charge in [0.15, 0.2) is 0 Å². The van der Waals surface area contributed by atoms with Crippen molar-refractivity contribution in [3.8, 4) is 0 Å². The van der Waals surface area contributed by atoms with Crippen molar-refractivity contribution in [1.82, 2.24) is 0 Å². The lowest BCUT2D eigenvalue weighted by Gasteiger charge is -2.14. The highest BCUT2D eigenvalue weighted by Crippen LogP contribution is 2.24. The van der Waals surface area contributed by atoms with Crippen molar-refractivity contribution in [3.63, 3.8) is 0 Å². The number of hydrogen-bond donors (Lipinski definition) is 0. The standard InChI is InChI=1S/C13H14O2/c1-4-10(2)12(13(14)15-3)11-8-6-5-7-9-11/h4-9,12H,1-2H2,3H3. The summed E-state index contributed by atoms with van der Waals surface area (Å²) in [7, 11) is 1.37. The van der Waals surface area contributed by atoms with E-state index in [9.17, 15) is 4.79 Å². The third kappa shape index (κ3) is 2.56. The highest BCUT2D eigenvalue weighted by atomic mass is 16.5. The molecule has 0 aromatic heterocycles. The predicted molar refractivity (Wildman–Crippen MR) is 60.5 cm³/mol. The Hall–Kier alpha value is -1.83. The van der Waals surface area contributed by atoms with E-state index in [1.54, 1.807) is 6.08 Å². The second kappa shape index (κ2) is 5.15. The molecule has 0 saturated carbocycles. The Morgan fingerprint density at radius 2 is 2.00 bits per heavy atom. The number of methoxy groups -OCH3 is 1. The van der Waals surface area contributed by atoms with Crippen molar-refractivity contribution in [3.05, 3.63) is 60.7 Å². The maximum Gasteiger partial charge on any atom is 0.317 e. The molecule has 0 spiro atoms. The Labute approximate surface area is 89.9 Å². The molecule has 0 bridgehead atoms. The van der Waals surface area contributed by atoms with Crippen LogP contribution >= 0.6 is 0 Å². The van der Waals surface area contributed by atoms with Crippen LogP contribution in [0.15, 0.2) is 55.1 Å². The van der Waals surface area contributed by atoms with Crippen LogP contribution in [0.1, 0.15) is 11.5 Å². The van der Waals surface area contributed by atoms with Crippen LogP contribution in [-0.2, 0) is 9.53 Å². The quantitative estimate of drug-likeness (QED) is 0.554. The summed E-state index contributed by atoms with van der Waals surface area (Å²) >= 11 is 0. The maximum atomic E-state index is 11.6. The van der Waals surface area contributed by atoms with Crippen molar-refractivity contribution in [1.29, 1.82) is 0 Å². The van der Waals surface area contributed by atoms with E-state index in [0.29, 0.717) is 5.57 Å². The average Bonchev–Trinajstić information content (AvgIpc) is 2.30. The van der Waals surface area contributed by atoms with Crippen LogP contribution in [0.5, 0.6) is 0 Å². The zero-order valence-electron chi connectivity index (χ0n) is 8.77. The van der Waals surface area contributed by atoms with Gasteiger partial charge in [0.2, 0.25) is 0 Å². The maximum absolute atomic E-state index is 11.6. The summed E-state index contributed by atoms with van der Waals surface area (Å²) < 4.78 is 4.74. The van der Waals surface area contributed by atoms with Crippen LogP contribution in [0.2, 0.25) is 0 Å². The Bertz CT molecular complexity index is 365. The number of hydrogen-bond acceptors (Lipinski definition) is 2. The summed E-state index contributed by atoms with van der Waals surface area (Å²) in [5.41, 5.74) is 1.52. The summed E-state index contributed by atoms with van der Waals surface area (Å²) in [6.45, 7) is 7.42. The highest BCUT2D eigenvalue weighted by Gasteiger charge is 2.22. The van der Waals surface area contributed by atoms with E-state index in [2.05, 4.69) is 13.2 Å². The molecule has 0 N–H and O–H groups in total. The molecule has 0 aliphatic rings. The van der Waals surface area contributed by atoms with Gasteiger partial charge in [0.1, 0.15) is 5.92 Å². The number of esters is 1. The fraction of sp³-hybridized carbons (Fsp3) is 0.154. The molecule has 1 aromatic carbocycles. The Morgan fingerprint density at radius 3 is 2.47 bits per heavy atom. The number of benzene rings is 1. The Morgan fingerprint density at radius 1 is 1.40 bits per heavy atom. The van der Waals surface area contributed by atoms with E-state index < -0.39 is 5.92 Å². The van der Waals surface area contributed by atoms with Crippen molar-refractivity contribution in [2.24, 2.45) is 0 Å². The highest BCUT2D eigenvalue weighted by molar-refractivity contribution is 5.82. The first-order chi connectivity index (χ1) is 7.20. The monoisotopic (exact) mass is 202 g/mol. The summed E-state index contributed by atoms with van der Waals surface area (Å²) in [6.07, 6.45) is 1.58. The number of ether oxygens (including phenoxy) is 1. The van der Waals surface area contributed by atoms with Crippen LogP contribution in [0.3, 0.4) is 0 Å². The van der Waals surface area contributed by atoms with Crippen LogP contribution in [0.4, 0.5) is 0 Å². The van der Waals surface area contributed by atoms with Gasteiger partial charge in [0.25, 0.3) is 0 Å². The first-order valence-corrected chi connectivity index (χ1v) is 4.64. The van der Waals surface area contributed by atoms with E-state index in [1.165, 1.54) is 7.11 Å². The lowest BCUT2D eigenvalue weighted by Crippen LogP contribution is -2.15. The zero-order valence-corrected chi connectivity index (χ0v) is 8.77. The molecule has 78 valence electrons. The first-order valence-electron chi connectivity index (χ1n) is 4.64. The molecule has 0 amide bonds. The lowest BCUT2D eigenvalue weighted by atomic mass is 9.92. The molecule has 0 heterocycles. The van der Waals surface area contributed by atoms with Gasteiger partial charge in [0.05, 0.1) is 7.11 Å². The molecular formula is C13H14O2. The van der Waals surface area contributed by atoms with Crippen molar-refractivity contribution in [2.75, 3.05) is 7.11 Å². The number of carbonyl (C=O) groups is 1. The molecular weight excluding hydrogens is 188 g/mol. The molecule has 0 saturated heterocycles. The molecule has 0 aliphatic heterocycles. The van der Waals surface area contributed by atoms with Crippen molar-refractivity contribution in [2.45, 2.75) is 5.92 Å². The summed E-state index contributed by atoms with van der Waals surface area (Å²) in [5.74, 6) is -0.764. The van der Waals surface area contributed by atoms with Gasteiger partial charge in [-0.25, -0.2) is 0 Å². The van der Waals surface area contributed by atoms with E-state index >= 15 is 0 Å². The van der Waals surface area contributed by atoms with Crippen LogP contribution in [-0.4, -0.2) is 13.1 Å². The Balaban J connectivity index is 3.07. The lowest BCUT2D eigenvalue weighted by molar-refractivity contribution is -0.141. The topological polar surface area (TPSA) is 26.3 Å². The van der Waals surface area contributed by atoms with Gasteiger partial charge >= 0.3 is 5.97 Å². The first kappa shape index (κ1) is 11.2. The SMILES string of the molecule is C=CC(=C)C(C(=O)OC)c1ccccc1. The third-order valence-electron chi connectivity index (χ3n) is 2.20. The van der Waals surface area contributed by atoms with Gasteiger partial charge in [-0.3, -0.25) is 4.79 Å². The number of allylic oxidation sites excluding steroid dienone is 1. The smallest absolute Gasteiger partial charge is 0.317 e. The van der Waals surface area contributed by atoms with Crippen molar-refractivity contribution >= 4 is 5.97 Å². The van der Waals surface area contributed by atoms with Gasteiger partial charge in [-0.2, -0.15) is 0 Å². The molecule has 15 heavy (non-hydrogen) atoms. The third-order valence-corrected chi connectivity index (χ3v) is 2.20. The van der Waals surface area contributed by atoms with Gasteiger partial charge in [0, 0.05) is 0 Å². The minimum atomic E-state index is -0.450. The summed E-state index contributed by atoms with van der Waals surface area (Å²) in [6, 6.07) is 9.39. The second-order valence-electron chi connectivity index (χ2n) is 3.15. The fourth-order valence-electron chi connectivity index (χ4n) is 1.38. The normalized spacial score (nSPS) is 11.5. The van der Waals surface area contributed by atoms with E-state index in [0.717, 1.165) is 5.56 Å². The number of rotatable bonds is 4. The van der Waals surface area contributed by atoms with E-state index in [-0.39, 0.29) is 5.97 Å². The van der Waals surface area contributed by atoms with Crippen LogP contribution < -0.4 is 0 Å². The second-order valence-corrected chi connectivity index (χ2v) is 3.15. The van der Waals surface area contributed by atoms with Gasteiger partial charge in [-0.05, 0) is 11.1 Å². The molecule has 0 fully saturated rings. The Kier molecular flexibility index (Phi) is 3.86. The molecule has 0 radical (unpaired) electrons. The largest absolute Gasteiger partial charge is 0.468 e. The minimum Gasteiger partial charge on any atom is -0.468 e. The summed E-state index contributed by atoms with van der Waals surface area (Å²) in [5, 5.41) is 0. The molecule has 1 atom stereocenters. The molecule has 0 aliphatic carbocycles. The minimum absolute atomic E-state index is 0.314. The molecule has 2 nitrogen and oxygen atoms in total. The van der Waals surface area contributed by atoms with Gasteiger partial charge < -0.3 is 4.74 Å². The fourth-order valence-corrected chi connectivity index (χ4v) is 1.38. The molecule has 2 heteroatoms. The average molecular weight is 202 g/mol. The van der Waals surface area contributed by atoms with Crippen LogP contribution in [0, 0.1) is 0 Å². The zero-order chi connectivity index (χ0) is 11.3. The number of carbonyl (C=O) groups excluding carboxylic acids is 1. The predicted octanol–water partition coefficient (Wildman–Crippen LogP) is 2.69. The molecule has 1 rings (SSSR count). The van der Waals surface area contributed by atoms with Crippen LogP contribution in [0.25, 0.3) is 0 Å². The summed E-state index contributed by atoms with van der Waals surface area (Å²) in [4.78, 5) is 11.6. The molecule has 1 aromatic rings. The molecule has 1 unspecified atom stereocenters. The van der Waals surface area contributed by atoms with Crippen molar-refractivity contribution < 1.29 is 9.53 Å². The van der Waals surface area contributed by atoms with Gasteiger partial charge in [-0.1, -0.05) is 49.6 Å². The van der Waals surface area contributed by atoms with E-state index in [4.69, 9.17) is 4.74 Å². The van der Waals surface area contributed by atoms with Gasteiger partial charge in [-0.15, -0.1) is 0 Å². The van der Waals surface area contributed by atoms with E-state index in [1.807, 2.05) is 30.3 Å².